The Balaban J connectivity index is 1.08. The zero-order valence-corrected chi connectivity index (χ0v) is 22.7. The number of benzene rings is 1. The van der Waals surface area contributed by atoms with Crippen LogP contribution in [0.4, 0.5) is 8.78 Å². The van der Waals surface area contributed by atoms with Crippen molar-refractivity contribution in [3.63, 3.8) is 0 Å². The SMILES string of the molecule is Cn1ccc2c(C(=O)NC3CCC(CCN4CCc5sc(OCC(C)(F)F)nc5C4)CC3)cccc2c1=O. The summed E-state index contributed by atoms with van der Waals surface area (Å²) in [5, 5.41) is 4.78. The number of alkyl halides is 2. The van der Waals surface area contributed by atoms with Gasteiger partial charge >= 0.3 is 0 Å². The molecule has 5 rings (SSSR count). The van der Waals surface area contributed by atoms with Gasteiger partial charge in [-0.2, -0.15) is 0 Å². The first-order valence-electron chi connectivity index (χ1n) is 13.3. The number of fused-ring (bicyclic) bond motifs is 2. The fraction of sp³-hybridized carbons (Fsp3) is 0.536. The second-order valence-electron chi connectivity index (χ2n) is 10.7. The number of pyridine rings is 1. The van der Waals surface area contributed by atoms with Crippen molar-refractivity contribution < 1.29 is 18.3 Å². The Bertz CT molecular complexity index is 1360. The molecule has 2 aliphatic rings. The normalized spacial score (nSPS) is 20.3. The number of nitrogens with one attached hydrogen (secondary N) is 1. The van der Waals surface area contributed by atoms with Crippen LogP contribution in [0.15, 0.2) is 35.3 Å². The summed E-state index contributed by atoms with van der Waals surface area (Å²) in [4.78, 5) is 33.4. The van der Waals surface area contributed by atoms with Crippen LogP contribution < -0.4 is 15.6 Å². The van der Waals surface area contributed by atoms with Crippen molar-refractivity contribution in [3.05, 3.63) is 57.0 Å². The van der Waals surface area contributed by atoms with E-state index < -0.39 is 12.5 Å². The quantitative estimate of drug-likeness (QED) is 0.442. The van der Waals surface area contributed by atoms with Crippen molar-refractivity contribution in [1.29, 1.82) is 0 Å². The molecule has 0 atom stereocenters. The van der Waals surface area contributed by atoms with E-state index in [9.17, 15) is 18.4 Å². The second kappa shape index (κ2) is 11.1. The topological polar surface area (TPSA) is 76.5 Å². The van der Waals surface area contributed by atoms with E-state index in [1.54, 1.807) is 31.4 Å². The zero-order valence-electron chi connectivity index (χ0n) is 21.8. The molecular formula is C28H34F2N4O3S. The van der Waals surface area contributed by atoms with E-state index in [1.807, 2.05) is 6.07 Å². The Hall–Kier alpha value is -2.85. The van der Waals surface area contributed by atoms with E-state index in [0.29, 0.717) is 27.4 Å². The number of carbonyl (C=O) groups excluding carboxylic acids is 1. The summed E-state index contributed by atoms with van der Waals surface area (Å²) < 4.78 is 32.9. The van der Waals surface area contributed by atoms with Gasteiger partial charge in [0.05, 0.1) is 5.69 Å². The predicted octanol–water partition coefficient (Wildman–Crippen LogP) is 4.77. The zero-order chi connectivity index (χ0) is 26.9. The van der Waals surface area contributed by atoms with E-state index in [0.717, 1.165) is 75.7 Å². The number of hydrogen-bond donors (Lipinski definition) is 1. The summed E-state index contributed by atoms with van der Waals surface area (Å²) in [7, 11) is 1.71. The molecule has 0 bridgehead atoms. The largest absolute Gasteiger partial charge is 0.464 e. The van der Waals surface area contributed by atoms with Gasteiger partial charge in [-0.3, -0.25) is 14.5 Å². The summed E-state index contributed by atoms with van der Waals surface area (Å²) in [5.41, 5.74) is 1.39. The molecule has 1 aliphatic carbocycles. The summed E-state index contributed by atoms with van der Waals surface area (Å²) >= 11 is 1.38. The summed E-state index contributed by atoms with van der Waals surface area (Å²) in [6.45, 7) is 2.86. The number of carbonyl (C=O) groups is 1. The van der Waals surface area contributed by atoms with Gasteiger partial charge in [0.15, 0.2) is 6.61 Å². The summed E-state index contributed by atoms with van der Waals surface area (Å²) in [5.74, 6) is -2.37. The number of aromatic nitrogens is 2. The van der Waals surface area contributed by atoms with Crippen molar-refractivity contribution in [2.45, 2.75) is 64.0 Å². The fourth-order valence-electron chi connectivity index (χ4n) is 5.47. The van der Waals surface area contributed by atoms with Gasteiger partial charge in [-0.15, -0.1) is 0 Å². The molecule has 3 heterocycles. The monoisotopic (exact) mass is 544 g/mol. The maximum Gasteiger partial charge on any atom is 0.278 e. The molecule has 0 saturated heterocycles. The average molecular weight is 545 g/mol. The van der Waals surface area contributed by atoms with Crippen LogP contribution in [0.5, 0.6) is 5.19 Å². The van der Waals surface area contributed by atoms with Crippen molar-refractivity contribution in [2.24, 2.45) is 13.0 Å². The van der Waals surface area contributed by atoms with Gasteiger partial charge in [0.1, 0.15) is 0 Å². The van der Waals surface area contributed by atoms with Crippen molar-refractivity contribution >= 4 is 28.0 Å². The second-order valence-corrected chi connectivity index (χ2v) is 11.8. The molecule has 1 amide bonds. The minimum absolute atomic E-state index is 0.104. The van der Waals surface area contributed by atoms with Crippen molar-refractivity contribution in [3.8, 4) is 5.19 Å². The molecule has 7 nitrogen and oxygen atoms in total. The molecule has 204 valence electrons. The van der Waals surface area contributed by atoms with Crippen molar-refractivity contribution in [1.82, 2.24) is 19.8 Å². The lowest BCUT2D eigenvalue weighted by Crippen LogP contribution is -2.38. The minimum atomic E-state index is -2.86. The molecule has 10 heteroatoms. The third-order valence-corrected chi connectivity index (χ3v) is 8.71. The predicted molar refractivity (Wildman–Crippen MR) is 144 cm³/mol. The highest BCUT2D eigenvalue weighted by Gasteiger charge is 2.27. The van der Waals surface area contributed by atoms with E-state index in [1.165, 1.54) is 15.9 Å². The highest BCUT2D eigenvalue weighted by Crippen LogP contribution is 2.32. The number of ether oxygens (including phenoxy) is 1. The Morgan fingerprint density at radius 1 is 1.21 bits per heavy atom. The first kappa shape index (κ1) is 26.7. The molecule has 0 unspecified atom stereocenters. The van der Waals surface area contributed by atoms with Gasteiger partial charge in [-0.05, 0) is 69.2 Å². The Kier molecular flexibility index (Phi) is 7.81. The molecule has 1 aliphatic heterocycles. The number of aryl methyl sites for hydroxylation is 1. The fourth-order valence-corrected chi connectivity index (χ4v) is 6.37. The Morgan fingerprint density at radius 2 is 2.00 bits per heavy atom. The van der Waals surface area contributed by atoms with E-state index in [4.69, 9.17) is 4.74 Å². The minimum Gasteiger partial charge on any atom is -0.464 e. The first-order chi connectivity index (χ1) is 18.2. The lowest BCUT2D eigenvalue weighted by molar-refractivity contribution is -0.0230. The van der Waals surface area contributed by atoms with Gasteiger partial charge in [-0.25, -0.2) is 13.8 Å². The third-order valence-electron chi connectivity index (χ3n) is 7.64. The molecule has 38 heavy (non-hydrogen) atoms. The van der Waals surface area contributed by atoms with Gasteiger partial charge in [0, 0.05) is 60.5 Å². The van der Waals surface area contributed by atoms with Crippen LogP contribution in [-0.2, 0) is 20.0 Å². The lowest BCUT2D eigenvalue weighted by atomic mass is 9.84. The smallest absolute Gasteiger partial charge is 0.278 e. The number of amides is 1. The standard InChI is InChI=1S/C28H34F2N4O3S/c1-28(29,30)17-37-27-32-23-16-34(15-12-24(23)38-27)14-10-18-6-8-19(9-7-18)31-25(35)21-4-3-5-22-20(21)11-13-33(2)26(22)36/h3-5,11,13,18-19H,6-10,12,14-17H2,1-2H3,(H,31,35). The first-order valence-corrected chi connectivity index (χ1v) is 14.1. The Labute approximate surface area is 224 Å². The maximum atomic E-state index is 13.1. The maximum absolute atomic E-state index is 13.1. The summed E-state index contributed by atoms with van der Waals surface area (Å²) in [6, 6.07) is 7.28. The van der Waals surface area contributed by atoms with Crippen molar-refractivity contribution in [2.75, 3.05) is 19.7 Å². The van der Waals surface area contributed by atoms with Crippen LogP contribution in [0.25, 0.3) is 10.8 Å². The van der Waals surface area contributed by atoms with E-state index in [2.05, 4.69) is 15.2 Å². The molecule has 0 spiro atoms. The van der Waals surface area contributed by atoms with Gasteiger partial charge in [0.2, 0.25) is 0 Å². The molecule has 1 saturated carbocycles. The lowest BCUT2D eigenvalue weighted by Gasteiger charge is -2.32. The van der Waals surface area contributed by atoms with Crippen LogP contribution in [-0.4, -0.2) is 52.0 Å². The number of hydrogen-bond acceptors (Lipinski definition) is 6. The molecule has 1 N–H and O–H groups in total. The molecular weight excluding hydrogens is 510 g/mol. The third kappa shape index (κ3) is 6.23. The van der Waals surface area contributed by atoms with Gasteiger partial charge < -0.3 is 14.6 Å². The van der Waals surface area contributed by atoms with Crippen LogP contribution in [0, 0.1) is 5.92 Å². The number of rotatable bonds is 8. The van der Waals surface area contributed by atoms with E-state index in [-0.39, 0.29) is 17.5 Å². The highest BCUT2D eigenvalue weighted by atomic mass is 32.1. The molecule has 1 fully saturated rings. The molecule has 1 aromatic carbocycles. The Morgan fingerprint density at radius 3 is 2.76 bits per heavy atom. The van der Waals surface area contributed by atoms with Gasteiger partial charge in [0.25, 0.3) is 22.6 Å². The van der Waals surface area contributed by atoms with Crippen LogP contribution in [0.3, 0.4) is 0 Å². The van der Waals surface area contributed by atoms with Gasteiger partial charge in [-0.1, -0.05) is 17.4 Å². The average Bonchev–Trinajstić information content (AvgIpc) is 3.31. The van der Waals surface area contributed by atoms with Crippen LogP contribution in [0.1, 0.15) is 60.0 Å². The van der Waals surface area contributed by atoms with Crippen LogP contribution in [0.2, 0.25) is 0 Å². The molecule has 0 radical (unpaired) electrons. The number of halogens is 2. The summed E-state index contributed by atoms with van der Waals surface area (Å²) in [6.07, 6.45) is 7.70. The van der Waals surface area contributed by atoms with Crippen LogP contribution >= 0.6 is 11.3 Å². The molecule has 2 aromatic heterocycles. The molecule has 3 aromatic rings. The highest BCUT2D eigenvalue weighted by molar-refractivity contribution is 7.13. The van der Waals surface area contributed by atoms with E-state index >= 15 is 0 Å². The number of thiazole rings is 1. The number of nitrogens with zero attached hydrogens (tertiary/aromatic N) is 3.